The van der Waals surface area contributed by atoms with Gasteiger partial charge in [-0.05, 0) is 29.3 Å². The van der Waals surface area contributed by atoms with Gasteiger partial charge in [-0.1, -0.05) is 24.3 Å². The first-order valence-electron chi connectivity index (χ1n) is 7.45. The van der Waals surface area contributed by atoms with Gasteiger partial charge in [0.2, 0.25) is 0 Å². The maximum absolute atomic E-state index is 13.9. The summed E-state index contributed by atoms with van der Waals surface area (Å²) in [5.41, 5.74) is 1.91. The molecule has 1 heterocycles. The molecule has 1 atom stereocenters. The number of carboxylic acid groups (broad SMARTS) is 1. The van der Waals surface area contributed by atoms with Gasteiger partial charge in [0.05, 0.1) is 7.11 Å². The Labute approximate surface area is 138 Å². The number of aliphatic carboxylic acids is 1. The van der Waals surface area contributed by atoms with Crippen LogP contribution in [0.2, 0.25) is 0 Å². The van der Waals surface area contributed by atoms with Crippen molar-refractivity contribution in [3.8, 4) is 5.75 Å². The van der Waals surface area contributed by atoms with Crippen LogP contribution in [0.1, 0.15) is 21.5 Å². The number of rotatable bonds is 3. The van der Waals surface area contributed by atoms with E-state index in [1.807, 2.05) is 24.3 Å². The van der Waals surface area contributed by atoms with Crippen molar-refractivity contribution in [1.29, 1.82) is 0 Å². The van der Waals surface area contributed by atoms with Gasteiger partial charge < -0.3 is 14.7 Å². The molecular weight excluding hydrogens is 313 g/mol. The standard InChI is InChI=1S/C18H16FNO4/c1-24-16-7-6-12(8-14(16)19)17(21)20-10-13-5-3-2-4-11(13)9-15(20)18(22)23/h2-8,15H,9-10H2,1H3,(H,22,23)/t15-/m0/s1. The van der Waals surface area contributed by atoms with Crippen molar-refractivity contribution in [2.24, 2.45) is 0 Å². The van der Waals surface area contributed by atoms with Gasteiger partial charge in [-0.2, -0.15) is 0 Å². The molecule has 1 aliphatic heterocycles. The van der Waals surface area contributed by atoms with E-state index in [4.69, 9.17) is 4.74 Å². The van der Waals surface area contributed by atoms with Gasteiger partial charge in [0.1, 0.15) is 6.04 Å². The van der Waals surface area contributed by atoms with Gasteiger partial charge in [-0.3, -0.25) is 4.79 Å². The van der Waals surface area contributed by atoms with Crippen LogP contribution in [0.15, 0.2) is 42.5 Å². The van der Waals surface area contributed by atoms with Crippen molar-refractivity contribution in [3.63, 3.8) is 0 Å². The summed E-state index contributed by atoms with van der Waals surface area (Å²) in [6, 6.07) is 10.3. The number of hydrogen-bond donors (Lipinski definition) is 1. The summed E-state index contributed by atoms with van der Waals surface area (Å²) in [5, 5.41) is 9.48. The Morgan fingerprint density at radius 3 is 2.54 bits per heavy atom. The minimum Gasteiger partial charge on any atom is -0.494 e. The van der Waals surface area contributed by atoms with Crippen molar-refractivity contribution in [2.45, 2.75) is 19.0 Å². The van der Waals surface area contributed by atoms with Crippen LogP contribution < -0.4 is 4.74 Å². The molecule has 0 radical (unpaired) electrons. The zero-order valence-electron chi connectivity index (χ0n) is 13.0. The minimum atomic E-state index is -1.08. The number of hydrogen-bond acceptors (Lipinski definition) is 3. The predicted molar refractivity (Wildman–Crippen MR) is 84.4 cm³/mol. The van der Waals surface area contributed by atoms with Gasteiger partial charge in [0.25, 0.3) is 5.91 Å². The zero-order chi connectivity index (χ0) is 17.3. The maximum Gasteiger partial charge on any atom is 0.326 e. The molecular formula is C18H16FNO4. The van der Waals surface area contributed by atoms with Crippen LogP contribution in [0.5, 0.6) is 5.75 Å². The summed E-state index contributed by atoms with van der Waals surface area (Å²) in [6.07, 6.45) is 0.232. The average Bonchev–Trinajstić information content (AvgIpc) is 2.59. The van der Waals surface area contributed by atoms with E-state index in [2.05, 4.69) is 0 Å². The number of carbonyl (C=O) groups is 2. The number of benzene rings is 2. The molecule has 24 heavy (non-hydrogen) atoms. The topological polar surface area (TPSA) is 66.8 Å². The molecule has 0 aromatic heterocycles. The highest BCUT2D eigenvalue weighted by Gasteiger charge is 2.35. The smallest absolute Gasteiger partial charge is 0.326 e. The summed E-state index contributed by atoms with van der Waals surface area (Å²) in [5.74, 6) is -2.22. The van der Waals surface area contributed by atoms with Crippen LogP contribution in [0.4, 0.5) is 4.39 Å². The van der Waals surface area contributed by atoms with E-state index in [0.29, 0.717) is 0 Å². The Morgan fingerprint density at radius 1 is 1.21 bits per heavy atom. The van der Waals surface area contributed by atoms with Gasteiger partial charge in [-0.15, -0.1) is 0 Å². The SMILES string of the molecule is COc1ccc(C(=O)N2Cc3ccccc3C[C@H]2C(=O)O)cc1F. The first-order valence-corrected chi connectivity index (χ1v) is 7.45. The molecule has 5 nitrogen and oxygen atoms in total. The van der Waals surface area contributed by atoms with Crippen molar-refractivity contribution < 1.29 is 23.8 Å². The molecule has 0 bridgehead atoms. The molecule has 0 unspecified atom stereocenters. The van der Waals surface area contributed by atoms with E-state index in [1.54, 1.807) is 0 Å². The normalized spacial score (nSPS) is 16.4. The molecule has 0 fully saturated rings. The molecule has 0 spiro atoms. The second kappa shape index (κ2) is 6.31. The number of halogens is 1. The van der Waals surface area contributed by atoms with Crippen molar-refractivity contribution in [3.05, 3.63) is 65.0 Å². The first kappa shape index (κ1) is 16.0. The molecule has 124 valence electrons. The van der Waals surface area contributed by atoms with E-state index < -0.39 is 23.7 Å². The molecule has 0 saturated heterocycles. The quantitative estimate of drug-likeness (QED) is 0.939. The molecule has 1 N–H and O–H groups in total. The zero-order valence-corrected chi connectivity index (χ0v) is 13.0. The van der Waals surface area contributed by atoms with E-state index in [-0.39, 0.29) is 24.3 Å². The molecule has 2 aromatic rings. The van der Waals surface area contributed by atoms with E-state index >= 15 is 0 Å². The predicted octanol–water partition coefficient (Wildman–Crippen LogP) is 2.49. The van der Waals surface area contributed by atoms with Crippen LogP contribution in [-0.4, -0.2) is 35.0 Å². The molecule has 6 heteroatoms. The lowest BCUT2D eigenvalue weighted by molar-refractivity contribution is -0.142. The second-order valence-corrected chi connectivity index (χ2v) is 5.61. The van der Waals surface area contributed by atoms with Gasteiger partial charge in [0.15, 0.2) is 11.6 Å². The number of ether oxygens (including phenoxy) is 1. The van der Waals surface area contributed by atoms with E-state index in [0.717, 1.165) is 17.2 Å². The Kier molecular flexibility index (Phi) is 4.20. The van der Waals surface area contributed by atoms with Gasteiger partial charge in [-0.25, -0.2) is 9.18 Å². The summed E-state index contributed by atoms with van der Waals surface area (Å²) in [6.45, 7) is 0.180. The lowest BCUT2D eigenvalue weighted by Crippen LogP contribution is -2.48. The number of methoxy groups -OCH3 is 1. The number of amides is 1. The Morgan fingerprint density at radius 2 is 1.92 bits per heavy atom. The monoisotopic (exact) mass is 329 g/mol. The third-order valence-electron chi connectivity index (χ3n) is 4.19. The highest BCUT2D eigenvalue weighted by Crippen LogP contribution is 2.26. The Hall–Kier alpha value is -2.89. The highest BCUT2D eigenvalue weighted by molar-refractivity contribution is 5.97. The fraction of sp³-hybridized carbons (Fsp3) is 0.222. The second-order valence-electron chi connectivity index (χ2n) is 5.61. The molecule has 0 aliphatic carbocycles. The molecule has 0 saturated carbocycles. The van der Waals surface area contributed by atoms with Gasteiger partial charge >= 0.3 is 5.97 Å². The first-order chi connectivity index (χ1) is 11.5. The Balaban J connectivity index is 1.95. The molecule has 3 rings (SSSR count). The van der Waals surface area contributed by atoms with Crippen LogP contribution in [0.25, 0.3) is 0 Å². The van der Waals surface area contributed by atoms with Crippen LogP contribution in [-0.2, 0) is 17.8 Å². The third kappa shape index (κ3) is 2.82. The lowest BCUT2D eigenvalue weighted by Gasteiger charge is -2.34. The fourth-order valence-electron chi connectivity index (χ4n) is 2.92. The van der Waals surface area contributed by atoms with Gasteiger partial charge in [0, 0.05) is 18.5 Å². The number of carbonyl (C=O) groups excluding carboxylic acids is 1. The summed E-state index contributed by atoms with van der Waals surface area (Å²) < 4.78 is 18.7. The Bertz CT molecular complexity index is 805. The van der Waals surface area contributed by atoms with E-state index in [1.165, 1.54) is 24.1 Å². The van der Waals surface area contributed by atoms with Crippen LogP contribution >= 0.6 is 0 Å². The van der Waals surface area contributed by atoms with Crippen molar-refractivity contribution in [1.82, 2.24) is 4.90 Å². The minimum absolute atomic E-state index is 0.0327. The summed E-state index contributed by atoms with van der Waals surface area (Å²) in [4.78, 5) is 25.6. The fourth-order valence-corrected chi connectivity index (χ4v) is 2.92. The third-order valence-corrected chi connectivity index (χ3v) is 4.19. The lowest BCUT2D eigenvalue weighted by atomic mass is 9.93. The number of nitrogens with zero attached hydrogens (tertiary/aromatic N) is 1. The van der Waals surface area contributed by atoms with Crippen LogP contribution in [0, 0.1) is 5.82 Å². The molecule has 1 amide bonds. The maximum atomic E-state index is 13.9. The highest BCUT2D eigenvalue weighted by atomic mass is 19.1. The van der Waals surface area contributed by atoms with Crippen molar-refractivity contribution in [2.75, 3.05) is 7.11 Å². The molecule has 2 aromatic carbocycles. The number of fused-ring (bicyclic) bond motifs is 1. The van der Waals surface area contributed by atoms with E-state index in [9.17, 15) is 19.1 Å². The molecule has 1 aliphatic rings. The number of carboxylic acids is 1. The van der Waals surface area contributed by atoms with Crippen molar-refractivity contribution >= 4 is 11.9 Å². The largest absolute Gasteiger partial charge is 0.494 e. The summed E-state index contributed by atoms with van der Waals surface area (Å²) in [7, 11) is 1.34. The summed E-state index contributed by atoms with van der Waals surface area (Å²) >= 11 is 0. The average molecular weight is 329 g/mol. The van der Waals surface area contributed by atoms with Crippen LogP contribution in [0.3, 0.4) is 0 Å².